The predicted molar refractivity (Wildman–Crippen MR) is 61.5 cm³/mol. The SMILES string of the molecule is CN(CC(N)=O)Cc1ccc(C(=O)NN)s1. The van der Waals surface area contributed by atoms with Gasteiger partial charge in [-0.05, 0) is 19.2 Å². The summed E-state index contributed by atoms with van der Waals surface area (Å²) in [5.74, 6) is 4.33. The highest BCUT2D eigenvalue weighted by Crippen LogP contribution is 2.17. The Hall–Kier alpha value is -1.44. The van der Waals surface area contributed by atoms with Gasteiger partial charge in [0.2, 0.25) is 5.91 Å². The molecule has 5 N–H and O–H groups in total. The topological polar surface area (TPSA) is 101 Å². The first-order valence-electron chi connectivity index (χ1n) is 4.59. The quantitative estimate of drug-likeness (QED) is 0.360. The minimum absolute atomic E-state index is 0.191. The van der Waals surface area contributed by atoms with E-state index < -0.39 is 0 Å². The van der Waals surface area contributed by atoms with E-state index in [1.54, 1.807) is 18.0 Å². The first kappa shape index (κ1) is 12.6. The molecule has 1 aromatic heterocycles. The third-order valence-electron chi connectivity index (χ3n) is 1.87. The molecule has 0 radical (unpaired) electrons. The number of nitrogens with two attached hydrogens (primary N) is 2. The largest absolute Gasteiger partial charge is 0.369 e. The number of nitrogens with one attached hydrogen (secondary N) is 1. The molecule has 0 saturated carbocycles. The number of primary amides is 1. The van der Waals surface area contributed by atoms with Gasteiger partial charge >= 0.3 is 0 Å². The van der Waals surface area contributed by atoms with Crippen molar-refractivity contribution in [2.24, 2.45) is 11.6 Å². The van der Waals surface area contributed by atoms with E-state index in [9.17, 15) is 9.59 Å². The molecule has 0 aliphatic rings. The van der Waals surface area contributed by atoms with E-state index in [2.05, 4.69) is 5.43 Å². The number of hydrazine groups is 1. The van der Waals surface area contributed by atoms with Gasteiger partial charge in [0.05, 0.1) is 11.4 Å². The molecule has 0 aliphatic carbocycles. The molecule has 2 amide bonds. The van der Waals surface area contributed by atoms with Gasteiger partial charge in [-0.25, -0.2) is 5.84 Å². The number of amides is 2. The lowest BCUT2D eigenvalue weighted by Gasteiger charge is -2.12. The van der Waals surface area contributed by atoms with E-state index in [0.29, 0.717) is 11.4 Å². The second kappa shape index (κ2) is 5.59. The van der Waals surface area contributed by atoms with Crippen LogP contribution in [0.5, 0.6) is 0 Å². The van der Waals surface area contributed by atoms with Gasteiger partial charge in [-0.3, -0.25) is 19.9 Å². The first-order chi connectivity index (χ1) is 7.52. The second-order valence-electron chi connectivity index (χ2n) is 3.38. The van der Waals surface area contributed by atoms with E-state index in [0.717, 1.165) is 4.88 Å². The van der Waals surface area contributed by atoms with E-state index in [1.165, 1.54) is 11.3 Å². The third-order valence-corrected chi connectivity index (χ3v) is 2.94. The number of nitrogen functional groups attached to an aromatic ring is 1. The molecule has 0 atom stereocenters. The summed E-state index contributed by atoms with van der Waals surface area (Å²) in [6.07, 6.45) is 0. The van der Waals surface area contributed by atoms with Crippen LogP contribution < -0.4 is 17.0 Å². The van der Waals surface area contributed by atoms with E-state index in [1.807, 2.05) is 6.07 Å². The number of nitrogens with zero attached hydrogens (tertiary/aromatic N) is 1. The summed E-state index contributed by atoms with van der Waals surface area (Å²) in [7, 11) is 1.78. The molecular weight excluding hydrogens is 228 g/mol. The number of rotatable bonds is 5. The van der Waals surface area contributed by atoms with E-state index in [4.69, 9.17) is 11.6 Å². The van der Waals surface area contributed by atoms with Crippen molar-refractivity contribution in [1.82, 2.24) is 10.3 Å². The zero-order valence-corrected chi connectivity index (χ0v) is 9.71. The molecular formula is C9H14N4O2S. The smallest absolute Gasteiger partial charge is 0.275 e. The van der Waals surface area contributed by atoms with Crippen LogP contribution in [0.2, 0.25) is 0 Å². The fourth-order valence-electron chi connectivity index (χ4n) is 1.24. The minimum Gasteiger partial charge on any atom is -0.369 e. The molecule has 1 aromatic rings. The molecule has 1 rings (SSSR count). The molecule has 0 aromatic carbocycles. The van der Waals surface area contributed by atoms with Gasteiger partial charge in [0.15, 0.2) is 0 Å². The minimum atomic E-state index is -0.376. The average Bonchev–Trinajstić information content (AvgIpc) is 2.63. The van der Waals surface area contributed by atoms with Gasteiger partial charge < -0.3 is 5.73 Å². The number of thiophene rings is 1. The monoisotopic (exact) mass is 242 g/mol. The van der Waals surface area contributed by atoms with Gasteiger partial charge in [-0.15, -0.1) is 11.3 Å². The van der Waals surface area contributed by atoms with Crippen molar-refractivity contribution < 1.29 is 9.59 Å². The standard InChI is InChI=1S/C9H14N4O2S/c1-13(5-8(10)14)4-6-2-3-7(16-6)9(15)12-11/h2-3H,4-5,11H2,1H3,(H2,10,14)(H,12,15). The van der Waals surface area contributed by atoms with Crippen LogP contribution >= 0.6 is 11.3 Å². The number of carbonyl (C=O) groups excluding carboxylic acids is 2. The van der Waals surface area contributed by atoms with Crippen molar-refractivity contribution in [2.45, 2.75) is 6.54 Å². The van der Waals surface area contributed by atoms with Crippen LogP contribution in [0.1, 0.15) is 14.5 Å². The zero-order valence-electron chi connectivity index (χ0n) is 8.90. The molecule has 1 heterocycles. The Bertz CT molecular complexity index is 391. The number of hydrogen-bond acceptors (Lipinski definition) is 5. The molecule has 6 nitrogen and oxygen atoms in total. The Balaban J connectivity index is 2.58. The maximum Gasteiger partial charge on any atom is 0.275 e. The third kappa shape index (κ3) is 3.61. The van der Waals surface area contributed by atoms with Crippen molar-refractivity contribution >= 4 is 23.2 Å². The zero-order chi connectivity index (χ0) is 12.1. The molecule has 0 saturated heterocycles. The van der Waals surface area contributed by atoms with Crippen LogP contribution in [0.4, 0.5) is 0 Å². The Morgan fingerprint density at radius 2 is 2.19 bits per heavy atom. The van der Waals surface area contributed by atoms with Gasteiger partial charge in [0.1, 0.15) is 0 Å². The molecule has 16 heavy (non-hydrogen) atoms. The molecule has 0 fully saturated rings. The molecule has 0 unspecified atom stereocenters. The predicted octanol–water partition coefficient (Wildman–Crippen LogP) is -0.731. The summed E-state index contributed by atoms with van der Waals surface area (Å²) in [6, 6.07) is 3.52. The average molecular weight is 242 g/mol. The van der Waals surface area contributed by atoms with Crippen molar-refractivity contribution in [3.63, 3.8) is 0 Å². The summed E-state index contributed by atoms with van der Waals surface area (Å²) in [5, 5.41) is 0. The van der Waals surface area contributed by atoms with Crippen LogP contribution in [0.3, 0.4) is 0 Å². The Labute approximate surface area is 97.2 Å². The fourth-order valence-corrected chi connectivity index (χ4v) is 2.24. The summed E-state index contributed by atoms with van der Waals surface area (Å²) >= 11 is 1.34. The lowest BCUT2D eigenvalue weighted by Crippen LogP contribution is -2.30. The van der Waals surface area contributed by atoms with E-state index >= 15 is 0 Å². The molecule has 88 valence electrons. The van der Waals surface area contributed by atoms with Gasteiger partial charge in [0.25, 0.3) is 5.91 Å². The van der Waals surface area contributed by atoms with Crippen LogP contribution in [-0.2, 0) is 11.3 Å². The summed E-state index contributed by atoms with van der Waals surface area (Å²) in [5.41, 5.74) is 7.13. The normalized spacial score (nSPS) is 10.4. The maximum absolute atomic E-state index is 11.2. The first-order valence-corrected chi connectivity index (χ1v) is 5.41. The number of likely N-dealkylation sites (N-methyl/N-ethyl adjacent to an activating group) is 1. The summed E-state index contributed by atoms with van der Waals surface area (Å²) in [6.45, 7) is 0.766. The summed E-state index contributed by atoms with van der Waals surface area (Å²) < 4.78 is 0. The highest BCUT2D eigenvalue weighted by atomic mass is 32.1. The second-order valence-corrected chi connectivity index (χ2v) is 4.55. The van der Waals surface area contributed by atoms with Crippen LogP contribution in [-0.4, -0.2) is 30.3 Å². The van der Waals surface area contributed by atoms with Gasteiger partial charge in [-0.2, -0.15) is 0 Å². The van der Waals surface area contributed by atoms with Crippen molar-refractivity contribution in [2.75, 3.05) is 13.6 Å². The molecule has 7 heteroatoms. The van der Waals surface area contributed by atoms with Crippen molar-refractivity contribution in [3.05, 3.63) is 21.9 Å². The Morgan fingerprint density at radius 3 is 2.75 bits per heavy atom. The highest BCUT2D eigenvalue weighted by Gasteiger charge is 2.09. The molecule has 0 aliphatic heterocycles. The summed E-state index contributed by atoms with van der Waals surface area (Å²) in [4.78, 5) is 25.1. The van der Waals surface area contributed by atoms with Gasteiger partial charge in [0, 0.05) is 11.4 Å². The van der Waals surface area contributed by atoms with Crippen molar-refractivity contribution in [1.29, 1.82) is 0 Å². The number of hydrogen-bond donors (Lipinski definition) is 3. The van der Waals surface area contributed by atoms with E-state index in [-0.39, 0.29) is 18.4 Å². The Morgan fingerprint density at radius 1 is 1.50 bits per heavy atom. The number of carbonyl (C=O) groups is 2. The lowest BCUT2D eigenvalue weighted by molar-refractivity contribution is -0.118. The molecule has 0 bridgehead atoms. The van der Waals surface area contributed by atoms with Crippen LogP contribution in [0, 0.1) is 0 Å². The van der Waals surface area contributed by atoms with Crippen LogP contribution in [0.25, 0.3) is 0 Å². The van der Waals surface area contributed by atoms with Crippen LogP contribution in [0.15, 0.2) is 12.1 Å². The highest BCUT2D eigenvalue weighted by molar-refractivity contribution is 7.14. The Kier molecular flexibility index (Phi) is 4.41. The van der Waals surface area contributed by atoms with Crippen molar-refractivity contribution in [3.8, 4) is 0 Å². The molecule has 0 spiro atoms. The fraction of sp³-hybridized carbons (Fsp3) is 0.333. The maximum atomic E-state index is 11.2. The van der Waals surface area contributed by atoms with Gasteiger partial charge in [-0.1, -0.05) is 0 Å². The lowest BCUT2D eigenvalue weighted by atomic mass is 10.4.